The van der Waals surface area contributed by atoms with E-state index in [-0.39, 0.29) is 24.0 Å². The van der Waals surface area contributed by atoms with Crippen LogP contribution >= 0.6 is 24.0 Å². The molecule has 27 heavy (non-hydrogen) atoms. The van der Waals surface area contributed by atoms with Crippen molar-refractivity contribution >= 4 is 29.9 Å². The molecule has 0 bridgehead atoms. The van der Waals surface area contributed by atoms with Crippen LogP contribution in [-0.4, -0.2) is 37.3 Å². The van der Waals surface area contributed by atoms with E-state index in [4.69, 9.17) is 0 Å². The average molecular weight is 480 g/mol. The lowest BCUT2D eigenvalue weighted by Gasteiger charge is -2.12. The molecule has 3 aromatic rings. The van der Waals surface area contributed by atoms with Crippen molar-refractivity contribution in [2.24, 2.45) is 12.0 Å². The summed E-state index contributed by atoms with van der Waals surface area (Å²) in [7, 11) is 3.62. The van der Waals surface area contributed by atoms with Gasteiger partial charge in [-0.2, -0.15) is 5.10 Å². The molecule has 0 fully saturated rings. The number of benzene rings is 1. The maximum absolute atomic E-state index is 4.27. The first-order valence-corrected chi connectivity index (χ1v) is 8.48. The molecule has 0 spiro atoms. The molecule has 2 heterocycles. The Morgan fingerprint density at radius 1 is 1.15 bits per heavy atom. The number of nitrogens with zero attached hydrogens (tertiary/aromatic N) is 6. The highest BCUT2D eigenvalue weighted by molar-refractivity contribution is 14.0. The van der Waals surface area contributed by atoms with Crippen molar-refractivity contribution in [1.82, 2.24) is 34.9 Å². The molecule has 0 aliphatic carbocycles. The Morgan fingerprint density at radius 2 is 1.93 bits per heavy atom. The summed E-state index contributed by atoms with van der Waals surface area (Å²) in [6, 6.07) is 8.51. The zero-order chi connectivity index (χ0) is 18.4. The highest BCUT2D eigenvalue weighted by Gasteiger charge is 2.04. The predicted octanol–water partition coefficient (Wildman–Crippen LogP) is 1.85. The molecule has 8 nitrogen and oxygen atoms in total. The van der Waals surface area contributed by atoms with Crippen LogP contribution in [0.2, 0.25) is 0 Å². The van der Waals surface area contributed by atoms with Crippen LogP contribution in [0.1, 0.15) is 22.8 Å². The smallest absolute Gasteiger partial charge is 0.191 e. The topological polar surface area (TPSA) is 84.9 Å². The van der Waals surface area contributed by atoms with Crippen molar-refractivity contribution in [3.8, 4) is 0 Å². The summed E-state index contributed by atoms with van der Waals surface area (Å²) >= 11 is 0. The van der Waals surface area contributed by atoms with Gasteiger partial charge in [-0.05, 0) is 18.1 Å². The minimum absolute atomic E-state index is 0. The summed E-state index contributed by atoms with van der Waals surface area (Å²) in [4.78, 5) is 12.7. The molecule has 0 saturated carbocycles. The number of aryl methyl sites for hydroxylation is 2. The van der Waals surface area contributed by atoms with Crippen molar-refractivity contribution in [3.05, 3.63) is 65.8 Å². The number of rotatable bonds is 6. The molecule has 144 valence electrons. The summed E-state index contributed by atoms with van der Waals surface area (Å²) in [6.45, 7) is 4.09. The van der Waals surface area contributed by atoms with Crippen LogP contribution in [0.3, 0.4) is 0 Å². The van der Waals surface area contributed by atoms with Gasteiger partial charge in [0.05, 0.1) is 6.54 Å². The molecule has 3 rings (SSSR count). The van der Waals surface area contributed by atoms with Gasteiger partial charge in [0.15, 0.2) is 5.96 Å². The first kappa shape index (κ1) is 20.9. The summed E-state index contributed by atoms with van der Waals surface area (Å²) < 4.78 is 3.87. The van der Waals surface area contributed by atoms with Crippen LogP contribution in [0.25, 0.3) is 0 Å². The van der Waals surface area contributed by atoms with Crippen molar-refractivity contribution in [1.29, 1.82) is 0 Å². The summed E-state index contributed by atoms with van der Waals surface area (Å²) in [5.74, 6) is 2.59. The van der Waals surface area contributed by atoms with Gasteiger partial charge in [0.25, 0.3) is 0 Å². The largest absolute Gasteiger partial charge is 0.352 e. The van der Waals surface area contributed by atoms with E-state index in [1.54, 1.807) is 18.1 Å². The van der Waals surface area contributed by atoms with Gasteiger partial charge in [-0.15, -0.1) is 24.0 Å². The third kappa shape index (κ3) is 5.78. The Labute approximate surface area is 176 Å². The number of guanidine groups is 1. The average Bonchev–Trinajstić information content (AvgIpc) is 3.24. The molecule has 0 saturated heterocycles. The van der Waals surface area contributed by atoms with Gasteiger partial charge in [-0.1, -0.05) is 24.3 Å². The van der Waals surface area contributed by atoms with Gasteiger partial charge in [0.2, 0.25) is 0 Å². The van der Waals surface area contributed by atoms with Crippen LogP contribution in [0.4, 0.5) is 0 Å². The minimum Gasteiger partial charge on any atom is -0.352 e. The second-order valence-corrected chi connectivity index (χ2v) is 6.00. The first-order valence-electron chi connectivity index (χ1n) is 8.48. The third-order valence-electron chi connectivity index (χ3n) is 4.17. The van der Waals surface area contributed by atoms with E-state index in [1.165, 1.54) is 11.1 Å². The van der Waals surface area contributed by atoms with E-state index < -0.39 is 0 Å². The lowest BCUT2D eigenvalue weighted by Crippen LogP contribution is -2.36. The number of hydrogen-bond acceptors (Lipinski definition) is 4. The molecular formula is C18H25IN8. The van der Waals surface area contributed by atoms with Gasteiger partial charge >= 0.3 is 0 Å². The van der Waals surface area contributed by atoms with E-state index >= 15 is 0 Å². The van der Waals surface area contributed by atoms with Crippen LogP contribution in [0.5, 0.6) is 0 Å². The van der Waals surface area contributed by atoms with Gasteiger partial charge in [0, 0.05) is 39.6 Å². The molecule has 2 N–H and O–H groups in total. The Kier molecular flexibility index (Phi) is 7.77. The number of aromatic nitrogens is 5. The van der Waals surface area contributed by atoms with E-state index in [0.29, 0.717) is 13.1 Å². The highest BCUT2D eigenvalue weighted by atomic mass is 127. The maximum atomic E-state index is 4.27. The molecule has 0 atom stereocenters. The van der Waals surface area contributed by atoms with E-state index in [2.05, 4.69) is 59.5 Å². The predicted molar refractivity (Wildman–Crippen MR) is 116 cm³/mol. The fraction of sp³-hybridized carbons (Fsp3) is 0.333. The third-order valence-corrected chi connectivity index (χ3v) is 4.17. The van der Waals surface area contributed by atoms with Crippen molar-refractivity contribution in [3.63, 3.8) is 0 Å². The molecule has 0 aliphatic rings. The molecule has 2 aromatic heterocycles. The van der Waals surface area contributed by atoms with E-state index in [1.807, 2.05) is 26.4 Å². The lowest BCUT2D eigenvalue weighted by atomic mass is 10.1. The SMILES string of the molecule is CN=C(NCc1cccc(Cn2ccnc2C)c1)NCc1ncnn1C.I. The zero-order valence-electron chi connectivity index (χ0n) is 15.8. The van der Waals surface area contributed by atoms with Crippen molar-refractivity contribution in [2.45, 2.75) is 26.6 Å². The summed E-state index contributed by atoms with van der Waals surface area (Å²) in [5, 5.41) is 10.6. The number of imidazole rings is 1. The van der Waals surface area contributed by atoms with Gasteiger partial charge in [-0.25, -0.2) is 9.97 Å². The van der Waals surface area contributed by atoms with Crippen molar-refractivity contribution in [2.75, 3.05) is 7.05 Å². The second kappa shape index (κ2) is 10.0. The number of halogens is 1. The summed E-state index contributed by atoms with van der Waals surface area (Å²) in [5.41, 5.74) is 2.44. The molecular weight excluding hydrogens is 455 g/mol. The number of nitrogens with one attached hydrogen (secondary N) is 2. The maximum Gasteiger partial charge on any atom is 0.191 e. The van der Waals surface area contributed by atoms with Gasteiger partial charge in [0.1, 0.15) is 18.0 Å². The highest BCUT2D eigenvalue weighted by Crippen LogP contribution is 2.08. The quantitative estimate of drug-likeness (QED) is 0.320. The van der Waals surface area contributed by atoms with Crippen molar-refractivity contribution < 1.29 is 0 Å². The van der Waals surface area contributed by atoms with E-state index in [9.17, 15) is 0 Å². The number of aliphatic imine (C=N–C) groups is 1. The van der Waals surface area contributed by atoms with Gasteiger partial charge < -0.3 is 15.2 Å². The van der Waals surface area contributed by atoms with E-state index in [0.717, 1.165) is 24.2 Å². The minimum atomic E-state index is 0. The number of hydrogen-bond donors (Lipinski definition) is 2. The monoisotopic (exact) mass is 480 g/mol. The Hall–Kier alpha value is -2.43. The fourth-order valence-corrected chi connectivity index (χ4v) is 2.65. The first-order chi connectivity index (χ1) is 12.7. The fourth-order valence-electron chi connectivity index (χ4n) is 2.65. The zero-order valence-corrected chi connectivity index (χ0v) is 18.1. The Balaban J connectivity index is 0.00000261. The molecule has 1 aromatic carbocycles. The molecule has 0 radical (unpaired) electrons. The standard InChI is InChI=1S/C18H24N8.HI/c1-14-20-7-8-26(14)12-16-6-4-5-15(9-16)10-21-18(19-2)22-11-17-23-13-24-25(17)3;/h4-9,13H,10-12H2,1-3H3,(H2,19,21,22);1H. The summed E-state index contributed by atoms with van der Waals surface area (Å²) in [6.07, 6.45) is 5.37. The Bertz CT molecular complexity index is 883. The van der Waals surface area contributed by atoms with Crippen LogP contribution < -0.4 is 10.6 Å². The lowest BCUT2D eigenvalue weighted by molar-refractivity contribution is 0.672. The Morgan fingerprint density at radius 3 is 2.59 bits per heavy atom. The van der Waals surface area contributed by atoms with Gasteiger partial charge in [-0.3, -0.25) is 9.67 Å². The molecule has 0 amide bonds. The normalized spacial score (nSPS) is 11.1. The van der Waals surface area contributed by atoms with Crippen LogP contribution in [-0.2, 0) is 26.7 Å². The van der Waals surface area contributed by atoms with Crippen LogP contribution in [0, 0.1) is 6.92 Å². The second-order valence-electron chi connectivity index (χ2n) is 6.00. The van der Waals surface area contributed by atoms with Crippen LogP contribution in [0.15, 0.2) is 48.0 Å². The molecule has 9 heteroatoms. The molecule has 0 aliphatic heterocycles. The molecule has 0 unspecified atom stereocenters.